The summed E-state index contributed by atoms with van der Waals surface area (Å²) in [6, 6.07) is 0. The van der Waals surface area contributed by atoms with Gasteiger partial charge in [-0.1, -0.05) is 6.92 Å². The van der Waals surface area contributed by atoms with Crippen LogP contribution in [0.5, 0.6) is 0 Å². The van der Waals surface area contributed by atoms with Crippen LogP contribution in [-0.4, -0.2) is 38.9 Å². The lowest BCUT2D eigenvalue weighted by Crippen LogP contribution is -2.41. The molecule has 0 heterocycles. The van der Waals surface area contributed by atoms with E-state index >= 15 is 0 Å². The molecule has 1 fully saturated rings. The van der Waals surface area contributed by atoms with E-state index in [2.05, 4.69) is 17.6 Å². The van der Waals surface area contributed by atoms with Crippen LogP contribution in [0.3, 0.4) is 0 Å². The quantitative estimate of drug-likeness (QED) is 0.571. The average Bonchev–Trinajstić information content (AvgIpc) is 2.20. The molecule has 90 valence electrons. The molecule has 0 amide bonds. The van der Waals surface area contributed by atoms with E-state index in [4.69, 9.17) is 4.74 Å². The molecule has 2 N–H and O–H groups in total. The van der Waals surface area contributed by atoms with Gasteiger partial charge in [0.15, 0.2) is 0 Å². The molecular formula is C12H26N2O. The lowest BCUT2D eigenvalue weighted by atomic mass is 9.77. The van der Waals surface area contributed by atoms with E-state index in [1.165, 1.54) is 32.1 Å². The summed E-state index contributed by atoms with van der Waals surface area (Å²) in [5.74, 6) is 0. The second-order valence-electron chi connectivity index (χ2n) is 4.45. The second kappa shape index (κ2) is 7.20. The lowest BCUT2D eigenvalue weighted by Gasteiger charge is -2.40. The van der Waals surface area contributed by atoms with E-state index in [0.29, 0.717) is 0 Å². The number of nitrogens with one attached hydrogen (secondary N) is 2. The maximum atomic E-state index is 5.57. The fourth-order valence-electron chi connectivity index (χ4n) is 2.08. The molecule has 0 bridgehead atoms. The molecule has 3 heteroatoms. The molecule has 1 rings (SSSR count). The second-order valence-corrected chi connectivity index (χ2v) is 4.45. The summed E-state index contributed by atoms with van der Waals surface area (Å²) in [4.78, 5) is 0. The predicted molar refractivity (Wildman–Crippen MR) is 64.2 cm³/mol. The number of hydrogen-bond donors (Lipinski definition) is 2. The Kier molecular flexibility index (Phi) is 6.22. The number of rotatable bonds is 9. The van der Waals surface area contributed by atoms with Gasteiger partial charge in [-0.2, -0.15) is 0 Å². The first-order valence-corrected chi connectivity index (χ1v) is 6.29. The van der Waals surface area contributed by atoms with Crippen LogP contribution in [0.1, 0.15) is 39.0 Å². The molecule has 0 aliphatic heterocycles. The van der Waals surface area contributed by atoms with Gasteiger partial charge in [-0.25, -0.2) is 0 Å². The molecule has 0 aromatic carbocycles. The van der Waals surface area contributed by atoms with E-state index in [1.807, 2.05) is 7.11 Å². The number of hydrogen-bond acceptors (Lipinski definition) is 3. The van der Waals surface area contributed by atoms with Gasteiger partial charge in [-0.15, -0.1) is 0 Å². The summed E-state index contributed by atoms with van der Waals surface area (Å²) in [6.45, 7) is 6.56. The van der Waals surface area contributed by atoms with Gasteiger partial charge in [0.05, 0.1) is 5.60 Å². The molecule has 0 aromatic heterocycles. The van der Waals surface area contributed by atoms with Crippen molar-refractivity contribution in [2.24, 2.45) is 0 Å². The van der Waals surface area contributed by atoms with E-state index < -0.39 is 0 Å². The summed E-state index contributed by atoms with van der Waals surface area (Å²) in [7, 11) is 1.85. The van der Waals surface area contributed by atoms with Crippen molar-refractivity contribution < 1.29 is 4.74 Å². The summed E-state index contributed by atoms with van der Waals surface area (Å²) >= 11 is 0. The van der Waals surface area contributed by atoms with Crippen molar-refractivity contribution in [2.75, 3.05) is 33.3 Å². The Balaban J connectivity index is 1.88. The maximum Gasteiger partial charge on any atom is 0.0690 e. The number of methoxy groups -OCH3 is 1. The topological polar surface area (TPSA) is 33.3 Å². The van der Waals surface area contributed by atoms with Gasteiger partial charge in [0.2, 0.25) is 0 Å². The van der Waals surface area contributed by atoms with Crippen molar-refractivity contribution in [1.82, 2.24) is 10.6 Å². The van der Waals surface area contributed by atoms with Crippen molar-refractivity contribution in [3.05, 3.63) is 0 Å². The minimum absolute atomic E-state index is 0.231. The molecule has 0 spiro atoms. The minimum atomic E-state index is 0.231. The summed E-state index contributed by atoms with van der Waals surface area (Å²) in [5, 5.41) is 6.81. The summed E-state index contributed by atoms with van der Waals surface area (Å²) in [5.41, 5.74) is 0.231. The Labute approximate surface area is 94.0 Å². The average molecular weight is 214 g/mol. The van der Waals surface area contributed by atoms with Crippen LogP contribution in [0.2, 0.25) is 0 Å². The van der Waals surface area contributed by atoms with Crippen LogP contribution in [0.4, 0.5) is 0 Å². The van der Waals surface area contributed by atoms with Crippen LogP contribution < -0.4 is 10.6 Å². The van der Waals surface area contributed by atoms with Crippen LogP contribution in [0.15, 0.2) is 0 Å². The minimum Gasteiger partial charge on any atom is -0.378 e. The molecule has 0 atom stereocenters. The fraction of sp³-hybridized carbons (Fsp3) is 1.00. The third-order valence-corrected chi connectivity index (χ3v) is 3.41. The highest BCUT2D eigenvalue weighted by atomic mass is 16.5. The molecule has 1 aliphatic carbocycles. The molecule has 0 unspecified atom stereocenters. The van der Waals surface area contributed by atoms with Crippen LogP contribution in [-0.2, 0) is 4.74 Å². The zero-order valence-electron chi connectivity index (χ0n) is 10.3. The Morgan fingerprint density at radius 1 is 1.13 bits per heavy atom. The number of ether oxygens (including phenoxy) is 1. The van der Waals surface area contributed by atoms with Crippen molar-refractivity contribution in [3.63, 3.8) is 0 Å². The Morgan fingerprint density at radius 3 is 2.40 bits per heavy atom. The molecule has 0 radical (unpaired) electrons. The maximum absolute atomic E-state index is 5.57. The first kappa shape index (κ1) is 12.9. The van der Waals surface area contributed by atoms with E-state index in [1.54, 1.807) is 0 Å². The van der Waals surface area contributed by atoms with Gasteiger partial charge in [-0.05, 0) is 58.3 Å². The predicted octanol–water partition coefficient (Wildman–Crippen LogP) is 1.53. The highest BCUT2D eigenvalue weighted by Crippen LogP contribution is 2.37. The Hall–Kier alpha value is -0.120. The first-order chi connectivity index (χ1) is 7.33. The van der Waals surface area contributed by atoms with Gasteiger partial charge in [0.1, 0.15) is 0 Å². The van der Waals surface area contributed by atoms with Gasteiger partial charge in [-0.3, -0.25) is 0 Å². The Morgan fingerprint density at radius 2 is 1.87 bits per heavy atom. The van der Waals surface area contributed by atoms with Crippen molar-refractivity contribution in [1.29, 1.82) is 0 Å². The summed E-state index contributed by atoms with van der Waals surface area (Å²) < 4.78 is 5.57. The van der Waals surface area contributed by atoms with Crippen molar-refractivity contribution >= 4 is 0 Å². The van der Waals surface area contributed by atoms with Crippen molar-refractivity contribution in [3.8, 4) is 0 Å². The van der Waals surface area contributed by atoms with E-state index in [0.717, 1.165) is 26.2 Å². The normalized spacial score (nSPS) is 18.8. The highest BCUT2D eigenvalue weighted by molar-refractivity contribution is 4.89. The SMILES string of the molecule is CCNCCCNCCC1(OC)CCC1. The largest absolute Gasteiger partial charge is 0.378 e. The van der Waals surface area contributed by atoms with Gasteiger partial charge in [0.25, 0.3) is 0 Å². The van der Waals surface area contributed by atoms with Crippen LogP contribution >= 0.6 is 0 Å². The molecule has 1 saturated carbocycles. The van der Waals surface area contributed by atoms with Crippen molar-refractivity contribution in [2.45, 2.75) is 44.6 Å². The molecular weight excluding hydrogens is 188 g/mol. The third-order valence-electron chi connectivity index (χ3n) is 3.41. The molecule has 3 nitrogen and oxygen atoms in total. The zero-order chi connectivity index (χ0) is 11.0. The zero-order valence-corrected chi connectivity index (χ0v) is 10.3. The molecule has 1 aliphatic rings. The third kappa shape index (κ3) is 4.49. The van der Waals surface area contributed by atoms with Crippen LogP contribution in [0, 0.1) is 0 Å². The van der Waals surface area contributed by atoms with Gasteiger partial charge in [0, 0.05) is 7.11 Å². The lowest BCUT2D eigenvalue weighted by molar-refractivity contribution is -0.0767. The monoisotopic (exact) mass is 214 g/mol. The molecule has 0 aromatic rings. The molecule has 0 saturated heterocycles. The van der Waals surface area contributed by atoms with Crippen LogP contribution in [0.25, 0.3) is 0 Å². The van der Waals surface area contributed by atoms with E-state index in [-0.39, 0.29) is 5.60 Å². The molecule has 15 heavy (non-hydrogen) atoms. The summed E-state index contributed by atoms with van der Waals surface area (Å²) in [6.07, 6.45) is 6.23. The smallest absolute Gasteiger partial charge is 0.0690 e. The Bertz CT molecular complexity index is 152. The standard InChI is InChI=1S/C12H26N2O/c1-3-13-9-5-10-14-11-8-12(15-2)6-4-7-12/h13-14H,3-11H2,1-2H3. The van der Waals surface area contributed by atoms with Gasteiger partial charge >= 0.3 is 0 Å². The van der Waals surface area contributed by atoms with Gasteiger partial charge < -0.3 is 15.4 Å². The van der Waals surface area contributed by atoms with E-state index in [9.17, 15) is 0 Å². The fourth-order valence-corrected chi connectivity index (χ4v) is 2.08. The highest BCUT2D eigenvalue weighted by Gasteiger charge is 2.35. The first-order valence-electron chi connectivity index (χ1n) is 6.29.